The largest absolute Gasteiger partial charge is 0.443 e. The van der Waals surface area contributed by atoms with Gasteiger partial charge in [-0.05, 0) is 24.3 Å². The molecular weight excluding hydrogens is 230 g/mol. The smallest absolute Gasteiger partial charge is 0.257 e. The van der Waals surface area contributed by atoms with E-state index in [1.165, 1.54) is 12.6 Å². The Morgan fingerprint density at radius 2 is 2.17 bits per heavy atom. The van der Waals surface area contributed by atoms with E-state index in [0.29, 0.717) is 22.4 Å². The standard InChI is InChI=1S/C13H9N3O2/c17-13(9-3-2-6-14-7-9)16-10-4-1-5-11-12(10)15-8-18-11/h1-8H,(H,16,17). The molecule has 88 valence electrons. The Morgan fingerprint density at radius 3 is 3.00 bits per heavy atom. The van der Waals surface area contributed by atoms with Crippen molar-refractivity contribution in [2.45, 2.75) is 0 Å². The number of carbonyl (C=O) groups excluding carboxylic acids is 1. The number of benzene rings is 1. The van der Waals surface area contributed by atoms with Crippen molar-refractivity contribution < 1.29 is 9.21 Å². The Kier molecular flexibility index (Phi) is 2.49. The molecule has 1 aromatic carbocycles. The van der Waals surface area contributed by atoms with E-state index < -0.39 is 0 Å². The van der Waals surface area contributed by atoms with Crippen LogP contribution in [0.1, 0.15) is 10.4 Å². The number of rotatable bonds is 2. The summed E-state index contributed by atoms with van der Waals surface area (Å²) in [5.41, 5.74) is 2.39. The fourth-order valence-electron chi connectivity index (χ4n) is 1.68. The van der Waals surface area contributed by atoms with Gasteiger partial charge < -0.3 is 9.73 Å². The highest BCUT2D eigenvalue weighted by Crippen LogP contribution is 2.21. The zero-order valence-electron chi connectivity index (χ0n) is 9.33. The van der Waals surface area contributed by atoms with Crippen LogP contribution in [0.15, 0.2) is 53.5 Å². The quantitative estimate of drug-likeness (QED) is 0.745. The first-order valence-corrected chi connectivity index (χ1v) is 5.38. The molecule has 1 N–H and O–H groups in total. The Morgan fingerprint density at radius 1 is 1.22 bits per heavy atom. The maximum Gasteiger partial charge on any atom is 0.257 e. The first-order valence-electron chi connectivity index (χ1n) is 5.38. The number of pyridine rings is 1. The summed E-state index contributed by atoms with van der Waals surface area (Å²) in [5.74, 6) is -0.224. The van der Waals surface area contributed by atoms with Crippen molar-refractivity contribution in [1.82, 2.24) is 9.97 Å². The summed E-state index contributed by atoms with van der Waals surface area (Å²) in [6, 6.07) is 8.78. The number of nitrogens with one attached hydrogen (secondary N) is 1. The van der Waals surface area contributed by atoms with Crippen LogP contribution in [-0.2, 0) is 0 Å². The van der Waals surface area contributed by atoms with E-state index in [-0.39, 0.29) is 5.91 Å². The van der Waals surface area contributed by atoms with Crippen molar-refractivity contribution >= 4 is 22.7 Å². The van der Waals surface area contributed by atoms with E-state index in [1.807, 2.05) is 0 Å². The molecular formula is C13H9N3O2. The first-order chi connectivity index (χ1) is 8.84. The average molecular weight is 239 g/mol. The van der Waals surface area contributed by atoms with E-state index in [0.717, 1.165) is 0 Å². The molecule has 2 heterocycles. The predicted molar refractivity (Wildman–Crippen MR) is 66.2 cm³/mol. The zero-order chi connectivity index (χ0) is 12.4. The summed E-state index contributed by atoms with van der Waals surface area (Å²) < 4.78 is 5.17. The first kappa shape index (κ1) is 10.5. The maximum absolute atomic E-state index is 12.0. The maximum atomic E-state index is 12.0. The lowest BCUT2D eigenvalue weighted by molar-refractivity contribution is 0.102. The lowest BCUT2D eigenvalue weighted by Gasteiger charge is -2.04. The molecule has 0 saturated heterocycles. The van der Waals surface area contributed by atoms with Crippen LogP contribution in [0.4, 0.5) is 5.69 Å². The number of para-hydroxylation sites is 1. The van der Waals surface area contributed by atoms with Crippen LogP contribution in [-0.4, -0.2) is 15.9 Å². The molecule has 5 nitrogen and oxygen atoms in total. The number of oxazole rings is 1. The van der Waals surface area contributed by atoms with Crippen LogP contribution < -0.4 is 5.32 Å². The van der Waals surface area contributed by atoms with Gasteiger partial charge in [0.05, 0.1) is 11.3 Å². The number of fused-ring (bicyclic) bond motifs is 1. The lowest BCUT2D eigenvalue weighted by Crippen LogP contribution is -2.12. The molecule has 0 unspecified atom stereocenters. The molecule has 0 aliphatic rings. The minimum atomic E-state index is -0.224. The Labute approximate surface area is 102 Å². The minimum absolute atomic E-state index is 0.224. The molecule has 0 radical (unpaired) electrons. The normalized spacial score (nSPS) is 10.4. The highest BCUT2D eigenvalue weighted by molar-refractivity contribution is 6.07. The summed E-state index contributed by atoms with van der Waals surface area (Å²) in [6.07, 6.45) is 4.48. The highest BCUT2D eigenvalue weighted by Gasteiger charge is 2.09. The second-order valence-corrected chi connectivity index (χ2v) is 3.70. The van der Waals surface area contributed by atoms with Gasteiger partial charge in [-0.25, -0.2) is 4.98 Å². The summed E-state index contributed by atoms with van der Waals surface area (Å²) in [4.78, 5) is 19.9. The molecule has 1 amide bonds. The average Bonchev–Trinajstić information content (AvgIpc) is 2.89. The molecule has 0 aliphatic carbocycles. The number of carbonyl (C=O) groups is 1. The van der Waals surface area contributed by atoms with E-state index in [1.54, 1.807) is 36.5 Å². The Bertz CT molecular complexity index is 692. The fourth-order valence-corrected chi connectivity index (χ4v) is 1.68. The van der Waals surface area contributed by atoms with E-state index >= 15 is 0 Å². The third kappa shape index (κ3) is 1.82. The molecule has 2 aromatic heterocycles. The predicted octanol–water partition coefficient (Wildman–Crippen LogP) is 2.48. The van der Waals surface area contributed by atoms with Crippen LogP contribution in [0, 0.1) is 0 Å². The van der Waals surface area contributed by atoms with Gasteiger partial charge in [0.15, 0.2) is 12.0 Å². The van der Waals surface area contributed by atoms with Gasteiger partial charge in [0, 0.05) is 12.4 Å². The number of hydrogen-bond donors (Lipinski definition) is 1. The van der Waals surface area contributed by atoms with Crippen molar-refractivity contribution in [2.75, 3.05) is 5.32 Å². The lowest BCUT2D eigenvalue weighted by atomic mass is 10.2. The van der Waals surface area contributed by atoms with Crippen LogP contribution in [0.25, 0.3) is 11.1 Å². The number of nitrogens with zero attached hydrogens (tertiary/aromatic N) is 2. The second kappa shape index (κ2) is 4.29. The number of aromatic nitrogens is 2. The Balaban J connectivity index is 1.93. The molecule has 3 rings (SSSR count). The second-order valence-electron chi connectivity index (χ2n) is 3.70. The van der Waals surface area contributed by atoms with Crippen LogP contribution in [0.5, 0.6) is 0 Å². The van der Waals surface area contributed by atoms with Crippen molar-refractivity contribution in [3.63, 3.8) is 0 Å². The number of anilines is 1. The number of hydrogen-bond acceptors (Lipinski definition) is 4. The third-order valence-electron chi connectivity index (χ3n) is 2.53. The molecule has 5 heteroatoms. The van der Waals surface area contributed by atoms with Crippen molar-refractivity contribution in [3.05, 3.63) is 54.7 Å². The summed E-state index contributed by atoms with van der Waals surface area (Å²) in [5, 5.41) is 2.79. The van der Waals surface area contributed by atoms with Crippen LogP contribution in [0.3, 0.4) is 0 Å². The SMILES string of the molecule is O=C(Nc1cccc2ocnc12)c1cccnc1. The highest BCUT2D eigenvalue weighted by atomic mass is 16.3. The van der Waals surface area contributed by atoms with Gasteiger partial charge in [-0.15, -0.1) is 0 Å². The molecule has 0 aliphatic heterocycles. The van der Waals surface area contributed by atoms with Gasteiger partial charge >= 0.3 is 0 Å². The van der Waals surface area contributed by atoms with Crippen LogP contribution in [0.2, 0.25) is 0 Å². The van der Waals surface area contributed by atoms with Gasteiger partial charge in [0.25, 0.3) is 5.91 Å². The van der Waals surface area contributed by atoms with Gasteiger partial charge in [0.2, 0.25) is 0 Å². The molecule has 0 spiro atoms. The van der Waals surface area contributed by atoms with Crippen molar-refractivity contribution in [3.8, 4) is 0 Å². The van der Waals surface area contributed by atoms with Gasteiger partial charge in [0.1, 0.15) is 5.52 Å². The van der Waals surface area contributed by atoms with E-state index in [2.05, 4.69) is 15.3 Å². The monoisotopic (exact) mass is 239 g/mol. The van der Waals surface area contributed by atoms with E-state index in [9.17, 15) is 4.79 Å². The minimum Gasteiger partial charge on any atom is -0.443 e. The van der Waals surface area contributed by atoms with Crippen molar-refractivity contribution in [2.24, 2.45) is 0 Å². The third-order valence-corrected chi connectivity index (χ3v) is 2.53. The number of amides is 1. The van der Waals surface area contributed by atoms with E-state index in [4.69, 9.17) is 4.42 Å². The van der Waals surface area contributed by atoms with Gasteiger partial charge in [-0.2, -0.15) is 0 Å². The van der Waals surface area contributed by atoms with Gasteiger partial charge in [-0.3, -0.25) is 9.78 Å². The molecule has 0 bridgehead atoms. The molecule has 0 fully saturated rings. The molecule has 18 heavy (non-hydrogen) atoms. The summed E-state index contributed by atoms with van der Waals surface area (Å²) in [7, 11) is 0. The fraction of sp³-hybridized carbons (Fsp3) is 0. The zero-order valence-corrected chi connectivity index (χ0v) is 9.33. The molecule has 3 aromatic rings. The van der Waals surface area contributed by atoms with Crippen molar-refractivity contribution in [1.29, 1.82) is 0 Å². The Hall–Kier alpha value is -2.69. The summed E-state index contributed by atoms with van der Waals surface area (Å²) >= 11 is 0. The van der Waals surface area contributed by atoms with Gasteiger partial charge in [-0.1, -0.05) is 6.07 Å². The van der Waals surface area contributed by atoms with Crippen LogP contribution >= 0.6 is 0 Å². The molecule has 0 atom stereocenters. The molecule has 0 saturated carbocycles. The topological polar surface area (TPSA) is 68.0 Å². The summed E-state index contributed by atoms with van der Waals surface area (Å²) in [6.45, 7) is 0.